The van der Waals surface area contributed by atoms with Crippen LogP contribution in [0, 0.1) is 0 Å². The lowest BCUT2D eigenvalue weighted by atomic mass is 10.2. The molecule has 1 N–H and O–H groups in total. The summed E-state index contributed by atoms with van der Waals surface area (Å²) in [6, 6.07) is 4.96. The first-order valence-corrected chi connectivity index (χ1v) is 7.09. The minimum atomic E-state index is -0.171. The van der Waals surface area contributed by atoms with E-state index in [1.54, 1.807) is 23.1 Å². The van der Waals surface area contributed by atoms with Crippen molar-refractivity contribution in [2.75, 3.05) is 11.9 Å². The molecule has 0 spiro atoms. The third kappa shape index (κ3) is 5.02. The van der Waals surface area contributed by atoms with Gasteiger partial charge in [0.25, 0.3) is 0 Å². The van der Waals surface area contributed by atoms with Crippen molar-refractivity contribution in [2.24, 2.45) is 0 Å². The fourth-order valence-electron chi connectivity index (χ4n) is 1.80. The van der Waals surface area contributed by atoms with E-state index >= 15 is 0 Å². The summed E-state index contributed by atoms with van der Waals surface area (Å²) in [4.78, 5) is 24.9. The van der Waals surface area contributed by atoms with E-state index < -0.39 is 0 Å². The van der Waals surface area contributed by atoms with Gasteiger partial charge >= 0.3 is 0 Å². The van der Waals surface area contributed by atoms with E-state index in [1.807, 2.05) is 13.8 Å². The number of amides is 2. The van der Waals surface area contributed by atoms with Crippen LogP contribution in [0.3, 0.4) is 0 Å². The summed E-state index contributed by atoms with van der Waals surface area (Å²) < 4.78 is 0. The van der Waals surface area contributed by atoms with Crippen molar-refractivity contribution in [2.45, 2.75) is 33.2 Å². The Morgan fingerprint density at radius 3 is 2.40 bits per heavy atom. The number of anilines is 1. The van der Waals surface area contributed by atoms with Crippen LogP contribution >= 0.6 is 23.2 Å². The maximum Gasteiger partial charge on any atom is 0.226 e. The van der Waals surface area contributed by atoms with Gasteiger partial charge in [-0.1, -0.05) is 23.2 Å². The fraction of sp³-hybridized carbons (Fsp3) is 0.429. The molecule has 6 heteroatoms. The highest BCUT2D eigenvalue weighted by atomic mass is 35.5. The first-order chi connectivity index (χ1) is 9.31. The second-order valence-corrected chi connectivity index (χ2v) is 5.55. The van der Waals surface area contributed by atoms with Crippen LogP contribution in [0.4, 0.5) is 5.69 Å². The number of hydrogen-bond donors (Lipinski definition) is 1. The zero-order chi connectivity index (χ0) is 15.3. The molecule has 1 aromatic carbocycles. The molecule has 0 radical (unpaired) electrons. The number of benzene rings is 1. The molecule has 2 amide bonds. The first-order valence-electron chi connectivity index (χ1n) is 6.33. The molecule has 0 heterocycles. The predicted octanol–water partition coefficient (Wildman–Crippen LogP) is 3.58. The van der Waals surface area contributed by atoms with Crippen LogP contribution in [-0.4, -0.2) is 29.3 Å². The Morgan fingerprint density at radius 1 is 1.25 bits per heavy atom. The van der Waals surface area contributed by atoms with Crippen LogP contribution in [0.25, 0.3) is 0 Å². The Bertz CT molecular complexity index is 504. The highest BCUT2D eigenvalue weighted by Gasteiger charge is 2.14. The Balaban J connectivity index is 2.55. The quantitative estimate of drug-likeness (QED) is 0.902. The third-order valence-corrected chi connectivity index (χ3v) is 3.55. The Labute approximate surface area is 129 Å². The summed E-state index contributed by atoms with van der Waals surface area (Å²) in [7, 11) is 0. The topological polar surface area (TPSA) is 49.4 Å². The second kappa shape index (κ2) is 7.50. The molecule has 0 unspecified atom stereocenters. The molecule has 0 fully saturated rings. The number of carbonyl (C=O) groups is 2. The van der Waals surface area contributed by atoms with Gasteiger partial charge in [0.1, 0.15) is 0 Å². The van der Waals surface area contributed by atoms with Gasteiger partial charge in [-0.05, 0) is 32.0 Å². The normalized spacial score (nSPS) is 10.5. The maximum absolute atomic E-state index is 11.8. The number of halogens is 2. The van der Waals surface area contributed by atoms with Crippen LogP contribution < -0.4 is 5.32 Å². The van der Waals surface area contributed by atoms with E-state index in [4.69, 9.17) is 23.2 Å². The summed E-state index contributed by atoms with van der Waals surface area (Å²) in [6.45, 7) is 5.72. The van der Waals surface area contributed by atoms with Gasteiger partial charge in [-0.25, -0.2) is 0 Å². The molecule has 1 aromatic rings. The van der Waals surface area contributed by atoms with Crippen molar-refractivity contribution < 1.29 is 9.59 Å². The maximum atomic E-state index is 11.8. The Hall–Kier alpha value is -1.26. The molecular formula is C14H18Cl2N2O2. The number of nitrogens with one attached hydrogen (secondary N) is 1. The molecule has 4 nitrogen and oxygen atoms in total. The highest BCUT2D eigenvalue weighted by molar-refractivity contribution is 6.42. The summed E-state index contributed by atoms with van der Waals surface area (Å²) in [5, 5.41) is 3.55. The van der Waals surface area contributed by atoms with Crippen LogP contribution in [-0.2, 0) is 9.59 Å². The molecule has 0 aliphatic carbocycles. The summed E-state index contributed by atoms with van der Waals surface area (Å²) in [5.74, 6) is -0.211. The summed E-state index contributed by atoms with van der Waals surface area (Å²) >= 11 is 11.7. The first kappa shape index (κ1) is 16.8. The standard InChI is InChI=1S/C14H18Cl2N2O2/c1-9(2)18(10(3)19)7-6-14(20)17-11-4-5-12(15)13(16)8-11/h4-5,8-9H,6-7H2,1-3H3,(H,17,20). The van der Waals surface area contributed by atoms with Gasteiger partial charge in [0.05, 0.1) is 10.0 Å². The lowest BCUT2D eigenvalue weighted by Gasteiger charge is -2.24. The number of hydrogen-bond acceptors (Lipinski definition) is 2. The molecule has 0 bridgehead atoms. The second-order valence-electron chi connectivity index (χ2n) is 4.73. The van der Waals surface area contributed by atoms with Crippen LogP contribution in [0.2, 0.25) is 10.0 Å². The molecule has 0 aromatic heterocycles. The largest absolute Gasteiger partial charge is 0.340 e. The van der Waals surface area contributed by atoms with Gasteiger partial charge in [-0.2, -0.15) is 0 Å². The molecule has 20 heavy (non-hydrogen) atoms. The summed E-state index contributed by atoms with van der Waals surface area (Å²) in [5.41, 5.74) is 0.586. The molecular weight excluding hydrogens is 299 g/mol. The lowest BCUT2D eigenvalue weighted by Crippen LogP contribution is -2.37. The smallest absolute Gasteiger partial charge is 0.226 e. The third-order valence-electron chi connectivity index (χ3n) is 2.81. The Kier molecular flexibility index (Phi) is 6.30. The van der Waals surface area contributed by atoms with Crippen molar-refractivity contribution in [3.8, 4) is 0 Å². The lowest BCUT2D eigenvalue weighted by molar-refractivity contribution is -0.130. The van der Waals surface area contributed by atoms with Crippen molar-refractivity contribution in [3.05, 3.63) is 28.2 Å². The monoisotopic (exact) mass is 316 g/mol. The average molecular weight is 317 g/mol. The van der Waals surface area contributed by atoms with Crippen molar-refractivity contribution in [1.82, 2.24) is 4.90 Å². The van der Waals surface area contributed by atoms with E-state index in [9.17, 15) is 9.59 Å². The van der Waals surface area contributed by atoms with Gasteiger partial charge in [-0.3, -0.25) is 9.59 Å². The average Bonchev–Trinajstić information content (AvgIpc) is 2.33. The minimum absolute atomic E-state index is 0.0395. The SMILES string of the molecule is CC(=O)N(CCC(=O)Nc1ccc(Cl)c(Cl)c1)C(C)C. The van der Waals surface area contributed by atoms with Gasteiger partial charge in [-0.15, -0.1) is 0 Å². The molecule has 0 aliphatic heterocycles. The highest BCUT2D eigenvalue weighted by Crippen LogP contribution is 2.25. The minimum Gasteiger partial charge on any atom is -0.340 e. The molecule has 0 saturated heterocycles. The van der Waals surface area contributed by atoms with E-state index in [2.05, 4.69) is 5.32 Å². The molecule has 110 valence electrons. The zero-order valence-corrected chi connectivity index (χ0v) is 13.3. The van der Waals surface area contributed by atoms with E-state index in [0.29, 0.717) is 22.3 Å². The van der Waals surface area contributed by atoms with E-state index in [0.717, 1.165) is 0 Å². The predicted molar refractivity (Wildman–Crippen MR) is 82.2 cm³/mol. The van der Waals surface area contributed by atoms with Crippen molar-refractivity contribution in [1.29, 1.82) is 0 Å². The fourth-order valence-corrected chi connectivity index (χ4v) is 2.10. The van der Waals surface area contributed by atoms with E-state index in [-0.39, 0.29) is 24.3 Å². The molecule has 0 aliphatic rings. The van der Waals surface area contributed by atoms with Gasteiger partial charge < -0.3 is 10.2 Å². The number of carbonyl (C=O) groups excluding carboxylic acids is 2. The van der Waals surface area contributed by atoms with Crippen LogP contribution in [0.15, 0.2) is 18.2 Å². The van der Waals surface area contributed by atoms with Crippen LogP contribution in [0.5, 0.6) is 0 Å². The van der Waals surface area contributed by atoms with Gasteiger partial charge in [0.2, 0.25) is 11.8 Å². The molecule has 1 rings (SSSR count). The molecule has 0 saturated carbocycles. The zero-order valence-electron chi connectivity index (χ0n) is 11.7. The number of nitrogens with zero attached hydrogens (tertiary/aromatic N) is 1. The van der Waals surface area contributed by atoms with Crippen molar-refractivity contribution >= 4 is 40.7 Å². The van der Waals surface area contributed by atoms with E-state index in [1.165, 1.54) is 6.92 Å². The van der Waals surface area contributed by atoms with Crippen LogP contribution in [0.1, 0.15) is 27.2 Å². The summed E-state index contributed by atoms with van der Waals surface area (Å²) in [6.07, 6.45) is 0.234. The number of rotatable bonds is 5. The molecule has 0 atom stereocenters. The van der Waals surface area contributed by atoms with Crippen molar-refractivity contribution in [3.63, 3.8) is 0 Å². The van der Waals surface area contributed by atoms with Gasteiger partial charge in [0.15, 0.2) is 0 Å². The Morgan fingerprint density at radius 2 is 1.90 bits per heavy atom. The van der Waals surface area contributed by atoms with Gasteiger partial charge in [0, 0.05) is 31.6 Å².